The van der Waals surface area contributed by atoms with Crippen LogP contribution in [-0.2, 0) is 9.47 Å². The molecule has 0 fully saturated rings. The summed E-state index contributed by atoms with van der Waals surface area (Å²) >= 11 is 0. The Kier molecular flexibility index (Phi) is 6.09. The Hall–Kier alpha value is -2.21. The van der Waals surface area contributed by atoms with Crippen molar-refractivity contribution < 1.29 is 19.0 Å². The van der Waals surface area contributed by atoms with E-state index in [1.165, 1.54) is 6.26 Å². The molecule has 0 spiro atoms. The predicted molar refractivity (Wildman–Crippen MR) is 82.8 cm³/mol. The van der Waals surface area contributed by atoms with Crippen LogP contribution in [0, 0.1) is 0 Å². The van der Waals surface area contributed by atoms with Crippen LogP contribution < -0.4 is 10.1 Å². The van der Waals surface area contributed by atoms with Crippen LogP contribution in [0.2, 0.25) is 0 Å². The van der Waals surface area contributed by atoms with Gasteiger partial charge in [0.15, 0.2) is 0 Å². The summed E-state index contributed by atoms with van der Waals surface area (Å²) in [5.41, 5.74) is 0.513. The van der Waals surface area contributed by atoms with Crippen LogP contribution in [0.4, 0.5) is 0 Å². The van der Waals surface area contributed by atoms with Gasteiger partial charge in [0.1, 0.15) is 37.6 Å². The summed E-state index contributed by atoms with van der Waals surface area (Å²) in [4.78, 5) is 14.3. The highest BCUT2D eigenvalue weighted by molar-refractivity contribution is 5.97. The summed E-state index contributed by atoms with van der Waals surface area (Å²) < 4.78 is 16.2. The number of ether oxygens (including phenoxy) is 3. The average Bonchev–Trinajstić information content (AvgIpc) is 2.54. The number of benzene rings is 1. The van der Waals surface area contributed by atoms with E-state index in [0.717, 1.165) is 6.54 Å². The van der Waals surface area contributed by atoms with Gasteiger partial charge < -0.3 is 24.4 Å². The summed E-state index contributed by atoms with van der Waals surface area (Å²) in [5.74, 6) is 0.998. The summed E-state index contributed by atoms with van der Waals surface area (Å²) in [6.07, 6.45) is 1.53. The maximum absolute atomic E-state index is 12.3. The normalized spacial score (nSPS) is 13.9. The number of hydrogen-bond acceptors (Lipinski definition) is 5. The maximum Gasteiger partial charge on any atom is 0.255 e. The molecule has 1 aromatic carbocycles. The van der Waals surface area contributed by atoms with Crippen LogP contribution in [0.15, 0.2) is 36.3 Å². The molecule has 1 N–H and O–H groups in total. The van der Waals surface area contributed by atoms with Crippen molar-refractivity contribution >= 4 is 5.91 Å². The molecule has 0 aliphatic carbocycles. The SMILES string of the molecule is CN(C)CCOc1ccccc1C(=O)NCC1=COCCO1. The Labute approximate surface area is 130 Å². The van der Waals surface area contributed by atoms with E-state index in [2.05, 4.69) is 5.32 Å². The third kappa shape index (κ3) is 4.96. The van der Waals surface area contributed by atoms with Crippen molar-refractivity contribution in [1.29, 1.82) is 0 Å². The minimum atomic E-state index is -0.199. The van der Waals surface area contributed by atoms with E-state index in [9.17, 15) is 4.79 Å². The fourth-order valence-electron chi connectivity index (χ4n) is 1.88. The van der Waals surface area contributed by atoms with Crippen LogP contribution in [-0.4, -0.2) is 57.8 Å². The average molecular weight is 306 g/mol. The lowest BCUT2D eigenvalue weighted by Crippen LogP contribution is -2.28. The van der Waals surface area contributed by atoms with Crippen molar-refractivity contribution in [2.24, 2.45) is 0 Å². The van der Waals surface area contributed by atoms with E-state index in [4.69, 9.17) is 14.2 Å². The zero-order valence-corrected chi connectivity index (χ0v) is 13.0. The Morgan fingerprint density at radius 1 is 1.32 bits per heavy atom. The van der Waals surface area contributed by atoms with Crippen LogP contribution in [0.25, 0.3) is 0 Å². The molecule has 0 atom stereocenters. The fraction of sp³-hybridized carbons (Fsp3) is 0.438. The lowest BCUT2D eigenvalue weighted by atomic mass is 10.2. The van der Waals surface area contributed by atoms with E-state index < -0.39 is 0 Å². The lowest BCUT2D eigenvalue weighted by molar-refractivity contribution is 0.0774. The fourth-order valence-corrected chi connectivity index (χ4v) is 1.88. The molecule has 0 aromatic heterocycles. The van der Waals surface area contributed by atoms with Crippen LogP contribution in [0.1, 0.15) is 10.4 Å². The molecule has 6 heteroatoms. The lowest BCUT2D eigenvalue weighted by Gasteiger charge is -2.17. The second kappa shape index (κ2) is 8.29. The van der Waals surface area contributed by atoms with Gasteiger partial charge in [-0.3, -0.25) is 4.79 Å². The molecule has 1 aliphatic heterocycles. The molecule has 120 valence electrons. The highest BCUT2D eigenvalue weighted by Gasteiger charge is 2.13. The molecule has 0 unspecified atom stereocenters. The molecular formula is C16H22N2O4. The third-order valence-corrected chi connectivity index (χ3v) is 3.05. The third-order valence-electron chi connectivity index (χ3n) is 3.05. The number of rotatable bonds is 7. The molecule has 1 aromatic rings. The van der Waals surface area contributed by atoms with Gasteiger partial charge in [-0.1, -0.05) is 12.1 Å². The number of carbonyl (C=O) groups is 1. The summed E-state index contributed by atoms with van der Waals surface area (Å²) in [7, 11) is 3.95. The van der Waals surface area contributed by atoms with E-state index in [-0.39, 0.29) is 5.91 Å². The highest BCUT2D eigenvalue weighted by atomic mass is 16.6. The standard InChI is InChI=1S/C16H22N2O4/c1-18(2)7-8-22-15-6-4-3-5-14(15)16(19)17-11-13-12-20-9-10-21-13/h3-6,12H,7-11H2,1-2H3,(H,17,19). The van der Waals surface area contributed by atoms with Crippen molar-refractivity contribution in [3.05, 3.63) is 41.9 Å². The first kappa shape index (κ1) is 16.2. The first-order valence-electron chi connectivity index (χ1n) is 7.25. The number of para-hydroxylation sites is 1. The van der Waals surface area contributed by atoms with Crippen LogP contribution in [0.3, 0.4) is 0 Å². The number of nitrogens with zero attached hydrogens (tertiary/aromatic N) is 1. The molecule has 1 heterocycles. The Balaban J connectivity index is 1.92. The Morgan fingerprint density at radius 3 is 2.86 bits per heavy atom. The summed E-state index contributed by atoms with van der Waals surface area (Å²) in [5, 5.41) is 2.81. The Morgan fingerprint density at radius 2 is 2.14 bits per heavy atom. The number of carbonyl (C=O) groups excluding carboxylic acids is 1. The van der Waals surface area contributed by atoms with Crippen molar-refractivity contribution in [3.63, 3.8) is 0 Å². The summed E-state index contributed by atoms with van der Waals surface area (Å²) in [6.45, 7) is 2.66. The first-order valence-corrected chi connectivity index (χ1v) is 7.25. The molecule has 2 rings (SSSR count). The smallest absolute Gasteiger partial charge is 0.255 e. The zero-order chi connectivity index (χ0) is 15.8. The van der Waals surface area contributed by atoms with Gasteiger partial charge >= 0.3 is 0 Å². The predicted octanol–water partition coefficient (Wildman–Crippen LogP) is 1.24. The van der Waals surface area contributed by atoms with Crippen LogP contribution in [0.5, 0.6) is 5.75 Å². The number of likely N-dealkylation sites (N-methyl/N-ethyl adjacent to an activating group) is 1. The van der Waals surface area contributed by atoms with Crippen molar-refractivity contribution in [2.45, 2.75) is 0 Å². The number of hydrogen-bond donors (Lipinski definition) is 1. The molecule has 0 bridgehead atoms. The zero-order valence-electron chi connectivity index (χ0n) is 13.0. The first-order chi connectivity index (χ1) is 10.7. The van der Waals surface area contributed by atoms with Gasteiger partial charge in [0.2, 0.25) is 0 Å². The van der Waals surface area contributed by atoms with Crippen molar-refractivity contribution in [3.8, 4) is 5.75 Å². The second-order valence-electron chi connectivity index (χ2n) is 5.13. The molecule has 0 saturated carbocycles. The van der Waals surface area contributed by atoms with Crippen LogP contribution >= 0.6 is 0 Å². The molecule has 1 aliphatic rings. The van der Waals surface area contributed by atoms with E-state index >= 15 is 0 Å². The van der Waals surface area contributed by atoms with Gasteiger partial charge in [-0.25, -0.2) is 0 Å². The largest absolute Gasteiger partial charge is 0.494 e. The quantitative estimate of drug-likeness (QED) is 0.821. The minimum Gasteiger partial charge on any atom is -0.494 e. The highest BCUT2D eigenvalue weighted by Crippen LogP contribution is 2.18. The van der Waals surface area contributed by atoms with Gasteiger partial charge in [0, 0.05) is 6.54 Å². The van der Waals surface area contributed by atoms with Gasteiger partial charge in [-0.05, 0) is 26.2 Å². The molecule has 0 saturated heterocycles. The van der Waals surface area contributed by atoms with E-state index in [0.29, 0.717) is 43.4 Å². The van der Waals surface area contributed by atoms with Gasteiger partial charge in [-0.2, -0.15) is 0 Å². The van der Waals surface area contributed by atoms with Gasteiger partial charge in [-0.15, -0.1) is 0 Å². The molecule has 0 radical (unpaired) electrons. The van der Waals surface area contributed by atoms with E-state index in [1.807, 2.05) is 31.1 Å². The molecular weight excluding hydrogens is 284 g/mol. The maximum atomic E-state index is 12.3. The minimum absolute atomic E-state index is 0.199. The van der Waals surface area contributed by atoms with Gasteiger partial charge in [0.05, 0.1) is 12.1 Å². The van der Waals surface area contributed by atoms with Crippen molar-refractivity contribution in [2.75, 3.05) is 47.0 Å². The topological polar surface area (TPSA) is 60.0 Å². The second-order valence-corrected chi connectivity index (χ2v) is 5.13. The number of amides is 1. The molecule has 22 heavy (non-hydrogen) atoms. The summed E-state index contributed by atoms with van der Waals surface area (Å²) in [6, 6.07) is 7.20. The number of nitrogens with one attached hydrogen (secondary N) is 1. The van der Waals surface area contributed by atoms with Crippen molar-refractivity contribution in [1.82, 2.24) is 10.2 Å². The van der Waals surface area contributed by atoms with E-state index in [1.54, 1.807) is 12.1 Å². The monoisotopic (exact) mass is 306 g/mol. The molecule has 6 nitrogen and oxygen atoms in total. The molecule has 1 amide bonds. The Bertz CT molecular complexity index is 529. The van der Waals surface area contributed by atoms with Gasteiger partial charge in [0.25, 0.3) is 5.91 Å².